The fourth-order valence-corrected chi connectivity index (χ4v) is 2.29. The summed E-state index contributed by atoms with van der Waals surface area (Å²) in [5.41, 5.74) is 0.457. The van der Waals surface area contributed by atoms with E-state index in [0.717, 1.165) is 25.9 Å². The van der Waals surface area contributed by atoms with Gasteiger partial charge in [-0.05, 0) is 25.0 Å². The lowest BCUT2D eigenvalue weighted by molar-refractivity contribution is 0.0736. The largest absolute Gasteiger partial charge is 0.337 e. The highest BCUT2D eigenvalue weighted by atomic mass is 35.5. The lowest BCUT2D eigenvalue weighted by Gasteiger charge is -2.24. The van der Waals surface area contributed by atoms with E-state index in [9.17, 15) is 4.79 Å². The molecule has 1 aliphatic heterocycles. The summed E-state index contributed by atoms with van der Waals surface area (Å²) in [4.78, 5) is 18.2. The number of carbonyl (C=O) groups excluding carboxylic acids is 1. The molecule has 3 nitrogen and oxygen atoms in total. The summed E-state index contributed by atoms with van der Waals surface area (Å²) < 4.78 is 0. The van der Waals surface area contributed by atoms with E-state index in [1.54, 1.807) is 18.3 Å². The molecule has 0 atom stereocenters. The summed E-state index contributed by atoms with van der Waals surface area (Å²) in [5, 5.41) is 0.565. The van der Waals surface area contributed by atoms with E-state index in [0.29, 0.717) is 10.7 Å². The second-order valence-electron chi connectivity index (χ2n) is 4.42. The molecular formula is C13H17ClN2O. The molecule has 0 N–H and O–H groups in total. The minimum Gasteiger partial charge on any atom is -0.337 e. The van der Waals surface area contributed by atoms with Crippen molar-refractivity contribution < 1.29 is 4.79 Å². The standard InChI is InChI=1S/C13H17ClN2O/c14-11-6-7-15-12(10-11)13(17)16-8-4-2-1-3-5-9-16/h6-7,10H,1-5,8-9H2. The Morgan fingerprint density at radius 2 is 1.82 bits per heavy atom. The van der Waals surface area contributed by atoms with Gasteiger partial charge in [-0.2, -0.15) is 0 Å². The molecule has 0 radical (unpaired) electrons. The van der Waals surface area contributed by atoms with Crippen molar-refractivity contribution in [2.45, 2.75) is 32.1 Å². The van der Waals surface area contributed by atoms with E-state index in [4.69, 9.17) is 11.6 Å². The van der Waals surface area contributed by atoms with Crippen molar-refractivity contribution in [3.63, 3.8) is 0 Å². The summed E-state index contributed by atoms with van der Waals surface area (Å²) in [7, 11) is 0. The lowest BCUT2D eigenvalue weighted by atomic mass is 10.1. The van der Waals surface area contributed by atoms with Crippen LogP contribution in [0.15, 0.2) is 18.3 Å². The van der Waals surface area contributed by atoms with E-state index < -0.39 is 0 Å². The Kier molecular flexibility index (Phi) is 4.37. The van der Waals surface area contributed by atoms with Crippen LogP contribution >= 0.6 is 11.6 Å². The zero-order chi connectivity index (χ0) is 12.1. The Hall–Kier alpha value is -1.09. The topological polar surface area (TPSA) is 33.2 Å². The Morgan fingerprint density at radius 1 is 1.18 bits per heavy atom. The zero-order valence-corrected chi connectivity index (χ0v) is 10.6. The van der Waals surface area contributed by atoms with Gasteiger partial charge in [-0.15, -0.1) is 0 Å². The van der Waals surface area contributed by atoms with Crippen LogP contribution in [-0.2, 0) is 0 Å². The van der Waals surface area contributed by atoms with Crippen LogP contribution in [0.5, 0.6) is 0 Å². The number of rotatable bonds is 1. The van der Waals surface area contributed by atoms with Crippen LogP contribution in [-0.4, -0.2) is 28.9 Å². The van der Waals surface area contributed by atoms with E-state index in [1.807, 2.05) is 4.90 Å². The molecule has 0 bridgehead atoms. The Labute approximate surface area is 107 Å². The first-order chi connectivity index (χ1) is 8.27. The predicted molar refractivity (Wildman–Crippen MR) is 68.2 cm³/mol. The molecule has 4 heteroatoms. The van der Waals surface area contributed by atoms with Crippen LogP contribution in [0.25, 0.3) is 0 Å². The second-order valence-corrected chi connectivity index (χ2v) is 4.86. The minimum absolute atomic E-state index is 0.00870. The fraction of sp³-hybridized carbons (Fsp3) is 0.538. The van der Waals surface area contributed by atoms with Gasteiger partial charge in [0.2, 0.25) is 0 Å². The van der Waals surface area contributed by atoms with Gasteiger partial charge in [-0.25, -0.2) is 0 Å². The van der Waals surface area contributed by atoms with Gasteiger partial charge in [0.25, 0.3) is 5.91 Å². The van der Waals surface area contributed by atoms with Crippen LogP contribution in [0.3, 0.4) is 0 Å². The van der Waals surface area contributed by atoms with Gasteiger partial charge >= 0.3 is 0 Å². The highest BCUT2D eigenvalue weighted by Gasteiger charge is 2.17. The highest BCUT2D eigenvalue weighted by Crippen LogP contribution is 2.14. The number of halogens is 1. The number of hydrogen-bond acceptors (Lipinski definition) is 2. The van der Waals surface area contributed by atoms with E-state index in [1.165, 1.54) is 19.3 Å². The monoisotopic (exact) mass is 252 g/mol. The number of pyridine rings is 1. The number of likely N-dealkylation sites (tertiary alicyclic amines) is 1. The van der Waals surface area contributed by atoms with Crippen molar-refractivity contribution in [1.82, 2.24) is 9.88 Å². The van der Waals surface area contributed by atoms with Gasteiger partial charge < -0.3 is 4.90 Å². The number of nitrogens with zero attached hydrogens (tertiary/aromatic N) is 2. The maximum absolute atomic E-state index is 12.2. The Morgan fingerprint density at radius 3 is 2.47 bits per heavy atom. The molecule has 1 aromatic heterocycles. The van der Waals surface area contributed by atoms with E-state index in [-0.39, 0.29) is 5.91 Å². The van der Waals surface area contributed by atoms with Crippen LogP contribution in [0.1, 0.15) is 42.6 Å². The molecular weight excluding hydrogens is 236 g/mol. The van der Waals surface area contributed by atoms with Crippen molar-refractivity contribution in [1.29, 1.82) is 0 Å². The lowest BCUT2D eigenvalue weighted by Crippen LogP contribution is -2.34. The Balaban J connectivity index is 2.07. The third-order valence-electron chi connectivity index (χ3n) is 3.08. The number of carbonyl (C=O) groups is 1. The molecule has 17 heavy (non-hydrogen) atoms. The fourth-order valence-electron chi connectivity index (χ4n) is 2.13. The highest BCUT2D eigenvalue weighted by molar-refractivity contribution is 6.30. The zero-order valence-electron chi connectivity index (χ0n) is 9.86. The molecule has 1 fully saturated rings. The molecule has 0 aromatic carbocycles. The van der Waals surface area contributed by atoms with Crippen molar-refractivity contribution in [3.05, 3.63) is 29.0 Å². The first kappa shape index (κ1) is 12.4. The molecule has 1 amide bonds. The predicted octanol–water partition coefficient (Wildman–Crippen LogP) is 3.14. The molecule has 1 aliphatic rings. The molecule has 1 saturated heterocycles. The van der Waals surface area contributed by atoms with Crippen LogP contribution in [0.4, 0.5) is 0 Å². The van der Waals surface area contributed by atoms with Gasteiger partial charge in [0.1, 0.15) is 5.69 Å². The first-order valence-electron chi connectivity index (χ1n) is 6.18. The number of hydrogen-bond donors (Lipinski definition) is 0. The average molecular weight is 253 g/mol. The molecule has 0 saturated carbocycles. The summed E-state index contributed by atoms with van der Waals surface area (Å²) >= 11 is 5.88. The minimum atomic E-state index is 0.00870. The van der Waals surface area contributed by atoms with Gasteiger partial charge in [0, 0.05) is 24.3 Å². The second kappa shape index (κ2) is 6.01. The third kappa shape index (κ3) is 3.43. The molecule has 2 heterocycles. The van der Waals surface area contributed by atoms with Crippen molar-refractivity contribution in [2.24, 2.45) is 0 Å². The Bertz CT molecular complexity index is 387. The maximum Gasteiger partial charge on any atom is 0.272 e. The van der Waals surface area contributed by atoms with Crippen LogP contribution < -0.4 is 0 Å². The molecule has 2 rings (SSSR count). The van der Waals surface area contributed by atoms with Gasteiger partial charge in [-0.3, -0.25) is 9.78 Å². The van der Waals surface area contributed by atoms with Crippen molar-refractivity contribution >= 4 is 17.5 Å². The third-order valence-corrected chi connectivity index (χ3v) is 3.32. The molecule has 92 valence electrons. The molecule has 1 aromatic rings. The van der Waals surface area contributed by atoms with E-state index in [2.05, 4.69) is 4.98 Å². The quantitative estimate of drug-likeness (QED) is 0.769. The maximum atomic E-state index is 12.2. The first-order valence-corrected chi connectivity index (χ1v) is 6.56. The smallest absolute Gasteiger partial charge is 0.272 e. The molecule has 0 unspecified atom stereocenters. The van der Waals surface area contributed by atoms with Crippen LogP contribution in [0, 0.1) is 0 Å². The molecule has 0 spiro atoms. The average Bonchev–Trinajstić information content (AvgIpc) is 2.28. The summed E-state index contributed by atoms with van der Waals surface area (Å²) in [6, 6.07) is 3.33. The van der Waals surface area contributed by atoms with Crippen LogP contribution in [0.2, 0.25) is 5.02 Å². The van der Waals surface area contributed by atoms with E-state index >= 15 is 0 Å². The van der Waals surface area contributed by atoms with Crippen molar-refractivity contribution in [3.8, 4) is 0 Å². The SMILES string of the molecule is O=C(c1cc(Cl)ccn1)N1CCCCCCC1. The normalized spacial score (nSPS) is 17.4. The van der Waals surface area contributed by atoms with Gasteiger partial charge in [0.05, 0.1) is 0 Å². The number of amides is 1. The number of aromatic nitrogens is 1. The summed E-state index contributed by atoms with van der Waals surface area (Å²) in [5.74, 6) is 0.00870. The van der Waals surface area contributed by atoms with Crippen molar-refractivity contribution in [2.75, 3.05) is 13.1 Å². The summed E-state index contributed by atoms with van der Waals surface area (Å²) in [6.07, 6.45) is 7.48. The molecule has 0 aliphatic carbocycles. The summed E-state index contributed by atoms with van der Waals surface area (Å²) in [6.45, 7) is 1.68. The van der Waals surface area contributed by atoms with Gasteiger partial charge in [-0.1, -0.05) is 30.9 Å². The van der Waals surface area contributed by atoms with Gasteiger partial charge in [0.15, 0.2) is 0 Å².